The van der Waals surface area contributed by atoms with E-state index in [2.05, 4.69) is 4.98 Å². The van der Waals surface area contributed by atoms with Gasteiger partial charge < -0.3 is 15.4 Å². The molecular formula is C13H18ClN3O2. The van der Waals surface area contributed by atoms with Gasteiger partial charge in [0.05, 0.1) is 6.10 Å². The third-order valence-electron chi connectivity index (χ3n) is 3.13. The van der Waals surface area contributed by atoms with Gasteiger partial charge in [0, 0.05) is 25.3 Å². The number of amides is 1. The van der Waals surface area contributed by atoms with Crippen molar-refractivity contribution in [1.82, 2.24) is 9.88 Å². The minimum atomic E-state index is -0.0691. The van der Waals surface area contributed by atoms with E-state index >= 15 is 0 Å². The summed E-state index contributed by atoms with van der Waals surface area (Å²) in [6, 6.07) is 3.10. The number of anilines is 1. The van der Waals surface area contributed by atoms with E-state index in [1.807, 2.05) is 6.92 Å². The largest absolute Gasteiger partial charge is 0.384 e. The Morgan fingerprint density at radius 1 is 1.63 bits per heavy atom. The van der Waals surface area contributed by atoms with Crippen molar-refractivity contribution in [2.75, 3.05) is 25.4 Å². The summed E-state index contributed by atoms with van der Waals surface area (Å²) in [4.78, 5) is 18.0. The number of ether oxygens (including phenoxy) is 1. The Balaban J connectivity index is 2.10. The third kappa shape index (κ3) is 3.58. The second kappa shape index (κ2) is 6.21. The number of pyridine rings is 1. The minimum Gasteiger partial charge on any atom is -0.384 e. The van der Waals surface area contributed by atoms with Crippen molar-refractivity contribution < 1.29 is 9.53 Å². The maximum Gasteiger partial charge on any atom is 0.254 e. The number of nitrogens with zero attached hydrogens (tertiary/aromatic N) is 2. The summed E-state index contributed by atoms with van der Waals surface area (Å²) in [6.45, 7) is 3.99. The third-order valence-corrected chi connectivity index (χ3v) is 3.32. The number of halogens is 1. The Labute approximate surface area is 117 Å². The molecule has 6 heteroatoms. The number of nitrogens with two attached hydrogens (primary N) is 1. The van der Waals surface area contributed by atoms with Gasteiger partial charge in [-0.05, 0) is 31.9 Å². The van der Waals surface area contributed by atoms with Gasteiger partial charge in [0.25, 0.3) is 5.91 Å². The highest BCUT2D eigenvalue weighted by Crippen LogP contribution is 2.18. The van der Waals surface area contributed by atoms with Crippen LogP contribution in [0.4, 0.5) is 5.82 Å². The first-order valence-corrected chi connectivity index (χ1v) is 6.82. The molecule has 19 heavy (non-hydrogen) atoms. The van der Waals surface area contributed by atoms with Gasteiger partial charge >= 0.3 is 0 Å². The number of likely N-dealkylation sites (tertiary alicyclic amines) is 1. The second-order valence-electron chi connectivity index (χ2n) is 4.57. The van der Waals surface area contributed by atoms with Crippen molar-refractivity contribution in [2.45, 2.75) is 25.9 Å². The SMILES string of the molecule is CCOC1CCCN(C(=O)c2cc(N)nc(Cl)c2)C1. The van der Waals surface area contributed by atoms with E-state index < -0.39 is 0 Å². The van der Waals surface area contributed by atoms with Gasteiger partial charge in [-0.25, -0.2) is 4.98 Å². The Kier molecular flexibility index (Phi) is 4.61. The smallest absolute Gasteiger partial charge is 0.254 e. The molecule has 2 rings (SSSR count). The maximum absolute atomic E-state index is 12.4. The standard InChI is InChI=1S/C13H18ClN3O2/c1-2-19-10-4-3-5-17(8-10)13(18)9-6-11(14)16-12(15)7-9/h6-7,10H,2-5,8H2,1H3,(H2,15,16). The topological polar surface area (TPSA) is 68.5 Å². The molecule has 1 aliphatic heterocycles. The van der Waals surface area contributed by atoms with Gasteiger partial charge in [-0.2, -0.15) is 0 Å². The number of rotatable bonds is 3. The normalized spacial score (nSPS) is 19.5. The van der Waals surface area contributed by atoms with Crippen molar-refractivity contribution in [2.24, 2.45) is 0 Å². The van der Waals surface area contributed by atoms with E-state index in [-0.39, 0.29) is 23.0 Å². The molecule has 1 amide bonds. The zero-order valence-corrected chi connectivity index (χ0v) is 11.7. The number of piperidine rings is 1. The van der Waals surface area contributed by atoms with E-state index in [0.29, 0.717) is 18.7 Å². The quantitative estimate of drug-likeness (QED) is 0.861. The van der Waals surface area contributed by atoms with Crippen LogP contribution in [0.3, 0.4) is 0 Å². The highest BCUT2D eigenvalue weighted by molar-refractivity contribution is 6.29. The molecule has 0 spiro atoms. The molecule has 1 saturated heterocycles. The fourth-order valence-electron chi connectivity index (χ4n) is 2.32. The van der Waals surface area contributed by atoms with Crippen molar-refractivity contribution in [3.8, 4) is 0 Å². The summed E-state index contributed by atoms with van der Waals surface area (Å²) in [6.07, 6.45) is 2.07. The molecule has 2 N–H and O–H groups in total. The predicted octanol–water partition coefficient (Wildman–Crippen LogP) is 1.96. The summed E-state index contributed by atoms with van der Waals surface area (Å²) < 4.78 is 5.59. The van der Waals surface area contributed by atoms with E-state index in [1.165, 1.54) is 0 Å². The lowest BCUT2D eigenvalue weighted by Gasteiger charge is -2.32. The number of carbonyl (C=O) groups is 1. The summed E-state index contributed by atoms with van der Waals surface area (Å²) in [5.74, 6) is 0.189. The molecule has 0 bridgehead atoms. The summed E-state index contributed by atoms with van der Waals surface area (Å²) in [5.41, 5.74) is 6.09. The van der Waals surface area contributed by atoms with Crippen molar-refractivity contribution in [3.05, 3.63) is 22.8 Å². The van der Waals surface area contributed by atoms with Gasteiger partial charge in [-0.3, -0.25) is 4.79 Å². The second-order valence-corrected chi connectivity index (χ2v) is 4.96. The van der Waals surface area contributed by atoms with Gasteiger partial charge in [0.2, 0.25) is 0 Å². The molecule has 0 saturated carbocycles. The molecule has 1 aromatic rings. The fraction of sp³-hybridized carbons (Fsp3) is 0.538. The van der Waals surface area contributed by atoms with Gasteiger partial charge in [-0.15, -0.1) is 0 Å². The first-order valence-electron chi connectivity index (χ1n) is 6.44. The molecule has 2 heterocycles. The van der Waals surface area contributed by atoms with E-state index in [4.69, 9.17) is 22.1 Å². The lowest BCUT2D eigenvalue weighted by molar-refractivity contribution is 0.00724. The van der Waals surface area contributed by atoms with Crippen LogP contribution in [-0.4, -0.2) is 41.6 Å². The van der Waals surface area contributed by atoms with Gasteiger partial charge in [0.1, 0.15) is 11.0 Å². The number of nitrogen functional groups attached to an aromatic ring is 1. The molecule has 0 aromatic carbocycles. The molecule has 1 atom stereocenters. The Morgan fingerprint density at radius 2 is 2.42 bits per heavy atom. The molecule has 0 aliphatic carbocycles. The first kappa shape index (κ1) is 14.1. The van der Waals surface area contributed by atoms with E-state index in [0.717, 1.165) is 19.4 Å². The van der Waals surface area contributed by atoms with Crippen LogP contribution in [-0.2, 0) is 4.74 Å². The van der Waals surface area contributed by atoms with E-state index in [9.17, 15) is 4.79 Å². The number of carbonyl (C=O) groups excluding carboxylic acids is 1. The van der Waals surface area contributed by atoms with Crippen LogP contribution in [0.15, 0.2) is 12.1 Å². The maximum atomic E-state index is 12.4. The van der Waals surface area contributed by atoms with Crippen LogP contribution in [0, 0.1) is 0 Å². The van der Waals surface area contributed by atoms with Crippen LogP contribution in [0.2, 0.25) is 5.15 Å². The van der Waals surface area contributed by atoms with Crippen molar-refractivity contribution >= 4 is 23.3 Å². The molecule has 1 aliphatic rings. The van der Waals surface area contributed by atoms with Gasteiger partial charge in [0.15, 0.2) is 0 Å². The van der Waals surface area contributed by atoms with E-state index in [1.54, 1.807) is 17.0 Å². The first-order chi connectivity index (χ1) is 9.10. The Hall–Kier alpha value is -1.33. The van der Waals surface area contributed by atoms with Crippen LogP contribution in [0.5, 0.6) is 0 Å². The summed E-state index contributed by atoms with van der Waals surface area (Å²) >= 11 is 5.82. The minimum absolute atomic E-state index is 0.0691. The average Bonchev–Trinajstić information content (AvgIpc) is 2.37. The van der Waals surface area contributed by atoms with Crippen molar-refractivity contribution in [3.63, 3.8) is 0 Å². The van der Waals surface area contributed by atoms with Crippen LogP contribution < -0.4 is 5.73 Å². The van der Waals surface area contributed by atoms with Crippen molar-refractivity contribution in [1.29, 1.82) is 0 Å². The summed E-state index contributed by atoms with van der Waals surface area (Å²) in [7, 11) is 0. The molecule has 1 fully saturated rings. The highest BCUT2D eigenvalue weighted by atomic mass is 35.5. The zero-order chi connectivity index (χ0) is 13.8. The van der Waals surface area contributed by atoms with Crippen LogP contribution in [0.25, 0.3) is 0 Å². The zero-order valence-electron chi connectivity index (χ0n) is 10.9. The average molecular weight is 284 g/mol. The fourth-order valence-corrected chi connectivity index (χ4v) is 2.53. The predicted molar refractivity (Wildman–Crippen MR) is 74.2 cm³/mol. The molecule has 1 aromatic heterocycles. The highest BCUT2D eigenvalue weighted by Gasteiger charge is 2.25. The molecule has 1 unspecified atom stereocenters. The molecule has 5 nitrogen and oxygen atoms in total. The van der Waals surface area contributed by atoms with Crippen LogP contribution in [0.1, 0.15) is 30.1 Å². The Bertz CT molecular complexity index is 445. The molecule has 0 radical (unpaired) electrons. The van der Waals surface area contributed by atoms with Crippen LogP contribution >= 0.6 is 11.6 Å². The molecule has 104 valence electrons. The summed E-state index contributed by atoms with van der Waals surface area (Å²) in [5, 5.41) is 0.238. The molecular weight excluding hydrogens is 266 g/mol. The lowest BCUT2D eigenvalue weighted by atomic mass is 10.1. The number of hydrogen-bond donors (Lipinski definition) is 1. The monoisotopic (exact) mass is 283 g/mol. The number of hydrogen-bond acceptors (Lipinski definition) is 4. The lowest BCUT2D eigenvalue weighted by Crippen LogP contribution is -2.43. The van der Waals surface area contributed by atoms with Gasteiger partial charge in [-0.1, -0.05) is 11.6 Å². The Morgan fingerprint density at radius 3 is 3.11 bits per heavy atom. The number of aromatic nitrogens is 1.